The fourth-order valence-corrected chi connectivity index (χ4v) is 3.74. The van der Waals surface area contributed by atoms with Crippen LogP contribution in [0.5, 0.6) is 0 Å². The molecule has 144 valence electrons. The second kappa shape index (κ2) is 10.1. The summed E-state index contributed by atoms with van der Waals surface area (Å²) in [6, 6.07) is 8.19. The van der Waals surface area contributed by atoms with Gasteiger partial charge in [0.05, 0.1) is 12.5 Å². The van der Waals surface area contributed by atoms with Crippen molar-refractivity contribution in [3.8, 4) is 0 Å². The van der Waals surface area contributed by atoms with Crippen molar-refractivity contribution in [3.63, 3.8) is 0 Å². The molecule has 1 aliphatic heterocycles. The number of amides is 2. The molecule has 2 aliphatic rings. The van der Waals surface area contributed by atoms with Crippen LogP contribution < -0.4 is 40.0 Å². The van der Waals surface area contributed by atoms with Gasteiger partial charge >= 0.3 is 29.6 Å². The number of carboxylic acid groups (broad SMARTS) is 1. The molecule has 0 spiro atoms. The van der Waals surface area contributed by atoms with Crippen LogP contribution in [0.3, 0.4) is 0 Å². The molecule has 0 bridgehead atoms. The number of aliphatic hydroxyl groups excluding tert-OH is 1. The molecule has 0 radical (unpaired) electrons. The molecule has 28 heavy (non-hydrogen) atoms. The molecule has 1 aliphatic carbocycles. The maximum Gasteiger partial charge on any atom is 1.00 e. The molecule has 1 aromatic rings. The smallest absolute Gasteiger partial charge is 0.548 e. The van der Waals surface area contributed by atoms with Gasteiger partial charge in [0.15, 0.2) is 0 Å². The van der Waals surface area contributed by atoms with Crippen molar-refractivity contribution in [2.45, 2.75) is 44.6 Å². The summed E-state index contributed by atoms with van der Waals surface area (Å²) >= 11 is 0. The topological polar surface area (TPSA) is 110 Å². The van der Waals surface area contributed by atoms with Crippen LogP contribution in [0.4, 0.5) is 0 Å². The van der Waals surface area contributed by atoms with Crippen molar-refractivity contribution >= 4 is 17.8 Å². The van der Waals surface area contributed by atoms with E-state index in [1.165, 1.54) is 36.1 Å². The van der Waals surface area contributed by atoms with Gasteiger partial charge in [0.1, 0.15) is 11.3 Å². The Kier molecular flexibility index (Phi) is 8.10. The number of rotatable bonds is 6. The van der Waals surface area contributed by atoms with Crippen LogP contribution in [0, 0.1) is 0 Å². The first-order valence-electron chi connectivity index (χ1n) is 9.24. The van der Waals surface area contributed by atoms with Crippen molar-refractivity contribution in [3.05, 3.63) is 46.7 Å². The van der Waals surface area contributed by atoms with Crippen molar-refractivity contribution in [2.24, 2.45) is 0 Å². The number of carbonyl (C=O) groups is 3. The minimum absolute atomic E-state index is 0. The summed E-state index contributed by atoms with van der Waals surface area (Å²) in [5.74, 6) is -2.67. The van der Waals surface area contributed by atoms with Gasteiger partial charge in [0.2, 0.25) is 0 Å². The Hall–Kier alpha value is -1.83. The van der Waals surface area contributed by atoms with E-state index in [-0.39, 0.29) is 41.7 Å². The average molecular weight is 394 g/mol. The molecular weight excluding hydrogens is 371 g/mol. The molecule has 0 atom stereocenters. The Morgan fingerprint density at radius 2 is 1.82 bits per heavy atom. The van der Waals surface area contributed by atoms with E-state index in [4.69, 9.17) is 0 Å². The van der Waals surface area contributed by atoms with Crippen LogP contribution in [-0.2, 0) is 20.9 Å². The zero-order valence-corrected chi connectivity index (χ0v) is 18.1. The normalized spacial score (nSPS) is 17.4. The summed E-state index contributed by atoms with van der Waals surface area (Å²) in [7, 11) is 0. The Labute approximate surface area is 186 Å². The van der Waals surface area contributed by atoms with Gasteiger partial charge in [-0.3, -0.25) is 9.59 Å². The first-order chi connectivity index (χ1) is 13.0. The molecule has 0 saturated heterocycles. The molecule has 7 nitrogen and oxygen atoms in total. The number of aliphatic hydroxyl groups is 1. The number of carbonyl (C=O) groups excluding carboxylic acids is 3. The Morgan fingerprint density at radius 1 is 1.18 bits per heavy atom. The minimum Gasteiger partial charge on any atom is -0.548 e. The molecule has 8 heteroatoms. The number of hydrogen-bond acceptors (Lipinski definition) is 5. The summed E-state index contributed by atoms with van der Waals surface area (Å²) in [6.07, 6.45) is 5.14. The second-order valence-corrected chi connectivity index (χ2v) is 7.08. The molecule has 1 heterocycles. The molecule has 1 aromatic carbocycles. The van der Waals surface area contributed by atoms with Crippen LogP contribution in [0.15, 0.2) is 35.6 Å². The Bertz CT molecular complexity index is 769. The largest absolute Gasteiger partial charge is 1.00 e. The van der Waals surface area contributed by atoms with Crippen LogP contribution in [0.2, 0.25) is 0 Å². The van der Waals surface area contributed by atoms with E-state index in [1.54, 1.807) is 0 Å². The molecule has 2 amide bonds. The van der Waals surface area contributed by atoms with Crippen LogP contribution in [-0.4, -0.2) is 40.9 Å². The molecule has 0 unspecified atom stereocenters. The summed E-state index contributed by atoms with van der Waals surface area (Å²) in [5, 5.41) is 22.5. The van der Waals surface area contributed by atoms with Gasteiger partial charge in [-0.2, -0.15) is 0 Å². The number of benzene rings is 1. The van der Waals surface area contributed by atoms with E-state index in [1.807, 2.05) is 12.1 Å². The third-order valence-corrected chi connectivity index (χ3v) is 5.21. The summed E-state index contributed by atoms with van der Waals surface area (Å²) in [5.41, 5.74) is 1.87. The number of aliphatic carboxylic acids is 1. The van der Waals surface area contributed by atoms with Crippen LogP contribution in [0.1, 0.15) is 49.1 Å². The SMILES string of the molecule is O=C([O-])CNC(=O)C1=C(O)CCN(Cc2ccc(C3CCCC3)cc2)C1=O.[Na+]. The molecule has 0 aromatic heterocycles. The van der Waals surface area contributed by atoms with E-state index in [0.29, 0.717) is 19.0 Å². The van der Waals surface area contributed by atoms with E-state index < -0.39 is 29.9 Å². The van der Waals surface area contributed by atoms with E-state index in [0.717, 1.165) is 5.56 Å². The third-order valence-electron chi connectivity index (χ3n) is 5.21. The predicted molar refractivity (Wildman–Crippen MR) is 95.4 cm³/mol. The maximum atomic E-state index is 12.6. The van der Waals surface area contributed by atoms with E-state index in [9.17, 15) is 24.6 Å². The first-order valence-corrected chi connectivity index (χ1v) is 9.24. The number of nitrogens with zero attached hydrogens (tertiary/aromatic N) is 1. The van der Waals surface area contributed by atoms with E-state index >= 15 is 0 Å². The van der Waals surface area contributed by atoms with Crippen LogP contribution in [0.25, 0.3) is 0 Å². The first kappa shape index (κ1) is 22.5. The maximum absolute atomic E-state index is 12.6. The van der Waals surface area contributed by atoms with Crippen molar-refractivity contribution in [1.82, 2.24) is 10.2 Å². The minimum atomic E-state index is -1.47. The van der Waals surface area contributed by atoms with Gasteiger partial charge in [-0.25, -0.2) is 0 Å². The van der Waals surface area contributed by atoms with Gasteiger partial charge in [-0.05, 0) is 29.9 Å². The Balaban J connectivity index is 0.00000280. The summed E-state index contributed by atoms with van der Waals surface area (Å²) in [4.78, 5) is 36.6. The second-order valence-electron chi connectivity index (χ2n) is 7.08. The third kappa shape index (κ3) is 5.37. The number of nitrogens with one attached hydrogen (secondary N) is 1. The number of hydrogen-bond donors (Lipinski definition) is 2. The van der Waals surface area contributed by atoms with Gasteiger partial charge in [0, 0.05) is 19.5 Å². The van der Waals surface area contributed by atoms with Gasteiger partial charge in [0.25, 0.3) is 11.8 Å². The zero-order valence-electron chi connectivity index (χ0n) is 16.1. The van der Waals surface area contributed by atoms with Gasteiger partial charge in [-0.1, -0.05) is 37.1 Å². The fourth-order valence-electron chi connectivity index (χ4n) is 3.74. The quantitative estimate of drug-likeness (QED) is 0.419. The van der Waals surface area contributed by atoms with Crippen LogP contribution >= 0.6 is 0 Å². The summed E-state index contributed by atoms with van der Waals surface area (Å²) < 4.78 is 0. The van der Waals surface area contributed by atoms with Gasteiger partial charge in [-0.15, -0.1) is 0 Å². The molecule has 3 rings (SSSR count). The number of carboxylic acids is 1. The zero-order chi connectivity index (χ0) is 19.4. The standard InChI is InChI=1S/C20H24N2O5.Na/c23-16-9-10-22(20(27)18(16)19(26)21-11-17(24)25)12-13-5-7-15(8-6-13)14-3-1-2-4-14;/h5-8,14,23H,1-4,9-12H2,(H,21,26)(H,24,25);/q;+1/p-1. The molecule has 1 saturated carbocycles. The molecule has 1 fully saturated rings. The summed E-state index contributed by atoms with van der Waals surface area (Å²) in [6.45, 7) is -0.0911. The molecular formula is C20H23N2NaO5. The van der Waals surface area contributed by atoms with Gasteiger partial charge < -0.3 is 25.2 Å². The van der Waals surface area contributed by atoms with Crippen molar-refractivity contribution in [2.75, 3.05) is 13.1 Å². The molecule has 2 N–H and O–H groups in total. The van der Waals surface area contributed by atoms with Crippen molar-refractivity contribution in [1.29, 1.82) is 0 Å². The van der Waals surface area contributed by atoms with E-state index in [2.05, 4.69) is 17.4 Å². The van der Waals surface area contributed by atoms with Crippen molar-refractivity contribution < 1.29 is 54.2 Å². The predicted octanol–water partition coefficient (Wildman–Crippen LogP) is -2.24. The Morgan fingerprint density at radius 3 is 2.43 bits per heavy atom. The monoisotopic (exact) mass is 394 g/mol. The average Bonchev–Trinajstić information content (AvgIpc) is 3.18. The fraction of sp³-hybridized carbons (Fsp3) is 0.450.